The van der Waals surface area contributed by atoms with E-state index in [9.17, 15) is 0 Å². The van der Waals surface area contributed by atoms with Crippen LogP contribution in [0.25, 0.3) is 10.2 Å². The van der Waals surface area contributed by atoms with E-state index in [0.29, 0.717) is 6.04 Å². The van der Waals surface area contributed by atoms with E-state index < -0.39 is 0 Å². The average Bonchev–Trinajstić information content (AvgIpc) is 3.09. The first-order valence-electron chi connectivity index (χ1n) is 6.51. The molecule has 0 aliphatic rings. The molecule has 3 heterocycles. The number of rotatable bonds is 5. The molecule has 3 aromatic heterocycles. The number of thiophene rings is 2. The summed E-state index contributed by atoms with van der Waals surface area (Å²) in [5, 5.41) is 8.78. The summed E-state index contributed by atoms with van der Waals surface area (Å²) in [7, 11) is 4.37. The summed E-state index contributed by atoms with van der Waals surface area (Å²) in [5.41, 5.74) is 0. The Morgan fingerprint density at radius 2 is 2.10 bits per heavy atom. The van der Waals surface area contributed by atoms with E-state index in [4.69, 9.17) is 0 Å². The Hall–Kier alpha value is -1.50. The summed E-state index contributed by atoms with van der Waals surface area (Å²) in [6.45, 7) is 0.866. The van der Waals surface area contributed by atoms with Crippen LogP contribution in [0.1, 0.15) is 10.9 Å². The third-order valence-corrected chi connectivity index (χ3v) is 5.13. The summed E-state index contributed by atoms with van der Waals surface area (Å²) < 4.78 is 0. The van der Waals surface area contributed by atoms with Crippen LogP contribution in [0.2, 0.25) is 0 Å². The molecule has 104 valence electrons. The Kier molecular flexibility index (Phi) is 3.95. The fraction of sp³-hybridized carbons (Fsp3) is 0.286. The Bertz CT molecular complexity index is 675. The lowest BCUT2D eigenvalue weighted by Gasteiger charge is -2.21. The minimum absolute atomic E-state index is 0.429. The molecule has 0 aromatic carbocycles. The average molecular weight is 305 g/mol. The molecule has 0 fully saturated rings. The minimum atomic E-state index is 0.429. The molecule has 3 aromatic rings. The van der Waals surface area contributed by atoms with Crippen LogP contribution < -0.4 is 10.2 Å². The van der Waals surface area contributed by atoms with Crippen molar-refractivity contribution < 1.29 is 4.90 Å². The summed E-state index contributed by atoms with van der Waals surface area (Å²) >= 11 is 3.45. The van der Waals surface area contributed by atoms with Gasteiger partial charge in [-0.3, -0.25) is 0 Å². The number of hydrogen-bond acceptors (Lipinski definition) is 5. The zero-order chi connectivity index (χ0) is 13.9. The number of nitrogens with one attached hydrogen (secondary N) is 2. The van der Waals surface area contributed by atoms with E-state index >= 15 is 0 Å². The Morgan fingerprint density at radius 1 is 1.20 bits per heavy atom. The van der Waals surface area contributed by atoms with Gasteiger partial charge in [0.1, 0.15) is 23.0 Å². The molecule has 2 N–H and O–H groups in total. The second-order valence-electron chi connectivity index (χ2n) is 4.89. The monoisotopic (exact) mass is 305 g/mol. The van der Waals surface area contributed by atoms with Gasteiger partial charge in [-0.1, -0.05) is 6.07 Å². The lowest BCUT2D eigenvalue weighted by atomic mass is 10.2. The van der Waals surface area contributed by atoms with Gasteiger partial charge in [0, 0.05) is 0 Å². The van der Waals surface area contributed by atoms with Gasteiger partial charge in [-0.2, -0.15) is 0 Å². The number of aromatic nitrogens is 2. The first kappa shape index (κ1) is 13.5. The number of likely N-dealkylation sites (N-methyl/N-ethyl adjacent to an activating group) is 1. The van der Waals surface area contributed by atoms with Gasteiger partial charge in [0.2, 0.25) is 0 Å². The van der Waals surface area contributed by atoms with E-state index in [-0.39, 0.29) is 0 Å². The lowest BCUT2D eigenvalue weighted by molar-refractivity contribution is -0.889. The number of anilines is 1. The molecule has 0 saturated carbocycles. The first-order valence-corrected chi connectivity index (χ1v) is 8.27. The SMILES string of the molecule is C[NH+](C)[C@H](CNc1ncnc2sccc12)c1cccs1. The zero-order valence-corrected chi connectivity index (χ0v) is 13.1. The van der Waals surface area contributed by atoms with Crippen molar-refractivity contribution in [3.8, 4) is 0 Å². The van der Waals surface area contributed by atoms with Gasteiger partial charge in [-0.05, 0) is 22.9 Å². The fourth-order valence-electron chi connectivity index (χ4n) is 2.21. The van der Waals surface area contributed by atoms with Crippen molar-refractivity contribution in [3.05, 3.63) is 40.2 Å². The number of nitrogens with zero attached hydrogens (tertiary/aromatic N) is 2. The smallest absolute Gasteiger partial charge is 0.139 e. The van der Waals surface area contributed by atoms with Crippen LogP contribution in [0.4, 0.5) is 5.82 Å². The number of fused-ring (bicyclic) bond motifs is 1. The molecule has 0 bridgehead atoms. The molecule has 6 heteroatoms. The third-order valence-electron chi connectivity index (χ3n) is 3.32. The maximum Gasteiger partial charge on any atom is 0.139 e. The maximum absolute atomic E-state index is 4.37. The lowest BCUT2D eigenvalue weighted by Crippen LogP contribution is -3.06. The number of quaternary nitrogens is 1. The van der Waals surface area contributed by atoms with Gasteiger partial charge in [0.15, 0.2) is 0 Å². The molecule has 0 unspecified atom stereocenters. The van der Waals surface area contributed by atoms with E-state index in [1.54, 1.807) is 17.7 Å². The standard InChI is InChI=1S/C14H16N4S2/c1-18(2)11(12-4-3-6-19-12)8-15-13-10-5-7-20-14(10)17-9-16-13/h3-7,9,11H,8H2,1-2H3,(H,15,16,17)/p+1/t11-/m1/s1. The quantitative estimate of drug-likeness (QED) is 0.758. The van der Waals surface area contributed by atoms with Crippen LogP contribution in [0.5, 0.6) is 0 Å². The Morgan fingerprint density at radius 3 is 2.85 bits per heavy atom. The van der Waals surface area contributed by atoms with E-state index in [1.807, 2.05) is 11.3 Å². The molecule has 0 radical (unpaired) electrons. The Labute approximate surface area is 126 Å². The maximum atomic E-state index is 4.37. The normalized spacial score (nSPS) is 12.9. The van der Waals surface area contributed by atoms with E-state index in [2.05, 4.69) is 58.3 Å². The van der Waals surface area contributed by atoms with Crippen molar-refractivity contribution >= 4 is 38.7 Å². The van der Waals surface area contributed by atoms with Crippen LogP contribution >= 0.6 is 22.7 Å². The number of hydrogen-bond donors (Lipinski definition) is 2. The summed E-state index contributed by atoms with van der Waals surface area (Å²) in [6, 6.07) is 6.81. The van der Waals surface area contributed by atoms with Crippen molar-refractivity contribution in [3.63, 3.8) is 0 Å². The summed E-state index contributed by atoms with van der Waals surface area (Å²) in [5.74, 6) is 0.930. The van der Waals surface area contributed by atoms with Gasteiger partial charge < -0.3 is 10.2 Å². The fourth-order valence-corrected chi connectivity index (χ4v) is 3.90. The highest BCUT2D eigenvalue weighted by atomic mass is 32.1. The molecular formula is C14H17N4S2+. The highest BCUT2D eigenvalue weighted by Gasteiger charge is 2.19. The van der Waals surface area contributed by atoms with Crippen LogP contribution in [0.3, 0.4) is 0 Å². The summed E-state index contributed by atoms with van der Waals surface area (Å²) in [6.07, 6.45) is 1.63. The topological polar surface area (TPSA) is 42.2 Å². The second kappa shape index (κ2) is 5.87. The minimum Gasteiger partial charge on any atom is -0.363 e. The van der Waals surface area contributed by atoms with Crippen LogP contribution in [-0.2, 0) is 0 Å². The first-order chi connectivity index (χ1) is 9.75. The molecule has 20 heavy (non-hydrogen) atoms. The van der Waals surface area contributed by atoms with Crippen LogP contribution in [0.15, 0.2) is 35.3 Å². The molecular weight excluding hydrogens is 288 g/mol. The van der Waals surface area contributed by atoms with Gasteiger partial charge in [0.05, 0.1) is 30.9 Å². The zero-order valence-electron chi connectivity index (χ0n) is 11.5. The van der Waals surface area contributed by atoms with E-state index in [1.165, 1.54) is 9.78 Å². The van der Waals surface area contributed by atoms with Crippen molar-refractivity contribution in [2.45, 2.75) is 6.04 Å². The molecule has 0 aliphatic heterocycles. The molecule has 0 amide bonds. The van der Waals surface area contributed by atoms with Gasteiger partial charge in [-0.25, -0.2) is 9.97 Å². The highest BCUT2D eigenvalue weighted by Crippen LogP contribution is 2.24. The van der Waals surface area contributed by atoms with Crippen molar-refractivity contribution in [2.24, 2.45) is 0 Å². The van der Waals surface area contributed by atoms with Crippen molar-refractivity contribution in [1.82, 2.24) is 9.97 Å². The van der Waals surface area contributed by atoms with E-state index in [0.717, 1.165) is 22.6 Å². The van der Waals surface area contributed by atoms with Crippen molar-refractivity contribution in [2.75, 3.05) is 26.0 Å². The van der Waals surface area contributed by atoms with Crippen LogP contribution in [0, 0.1) is 0 Å². The predicted molar refractivity (Wildman–Crippen MR) is 85.8 cm³/mol. The van der Waals surface area contributed by atoms with Crippen molar-refractivity contribution in [1.29, 1.82) is 0 Å². The van der Waals surface area contributed by atoms with Gasteiger partial charge >= 0.3 is 0 Å². The molecule has 3 rings (SSSR count). The van der Waals surface area contributed by atoms with Gasteiger partial charge in [-0.15, -0.1) is 22.7 Å². The molecule has 0 saturated heterocycles. The Balaban J connectivity index is 1.79. The second-order valence-corrected chi connectivity index (χ2v) is 6.76. The molecule has 0 aliphatic carbocycles. The molecule has 1 atom stereocenters. The third kappa shape index (κ3) is 2.67. The highest BCUT2D eigenvalue weighted by molar-refractivity contribution is 7.16. The predicted octanol–water partition coefficient (Wildman–Crippen LogP) is 2.05. The molecule has 0 spiro atoms. The summed E-state index contributed by atoms with van der Waals surface area (Å²) in [4.78, 5) is 12.5. The van der Waals surface area contributed by atoms with Gasteiger partial charge in [0.25, 0.3) is 0 Å². The largest absolute Gasteiger partial charge is 0.363 e. The van der Waals surface area contributed by atoms with Crippen LogP contribution in [-0.4, -0.2) is 30.6 Å². The molecule has 4 nitrogen and oxygen atoms in total.